The molecule has 0 amide bonds. The Hall–Kier alpha value is -2.67. The molecule has 0 spiro atoms. The van der Waals surface area contributed by atoms with E-state index in [0.717, 1.165) is 28.4 Å². The summed E-state index contributed by atoms with van der Waals surface area (Å²) < 4.78 is 16.2. The molecule has 1 aromatic carbocycles. The monoisotopic (exact) mass is 389 g/mol. The molecule has 0 saturated heterocycles. The predicted molar refractivity (Wildman–Crippen MR) is 110 cm³/mol. The van der Waals surface area contributed by atoms with E-state index in [4.69, 9.17) is 13.9 Å². The van der Waals surface area contributed by atoms with E-state index in [1.807, 2.05) is 45.0 Å². The lowest BCUT2D eigenvalue weighted by atomic mass is 9.96. The molecule has 0 aliphatic carbocycles. The lowest BCUT2D eigenvalue weighted by molar-refractivity contribution is 0.0601. The highest BCUT2D eigenvalue weighted by atomic mass is 16.5. The molecule has 0 bridgehead atoms. The van der Waals surface area contributed by atoms with E-state index in [2.05, 4.69) is 15.6 Å². The third kappa shape index (κ3) is 5.42. The van der Waals surface area contributed by atoms with Gasteiger partial charge in [-0.3, -0.25) is 0 Å². The fraction of sp³-hybridized carbons (Fsp3) is 0.476. The Balaban J connectivity index is 2.11. The highest BCUT2D eigenvalue weighted by Crippen LogP contribution is 2.27. The van der Waals surface area contributed by atoms with Gasteiger partial charge >= 0.3 is 0 Å². The van der Waals surface area contributed by atoms with Gasteiger partial charge in [-0.25, -0.2) is 4.99 Å². The summed E-state index contributed by atoms with van der Waals surface area (Å²) in [6, 6.07) is 7.50. The number of furan rings is 1. The van der Waals surface area contributed by atoms with E-state index in [0.29, 0.717) is 31.4 Å². The summed E-state index contributed by atoms with van der Waals surface area (Å²) >= 11 is 0. The number of rotatable bonds is 8. The van der Waals surface area contributed by atoms with E-state index in [1.54, 1.807) is 21.1 Å². The summed E-state index contributed by atoms with van der Waals surface area (Å²) in [6.07, 6.45) is 0. The van der Waals surface area contributed by atoms with Gasteiger partial charge in [0.05, 0.1) is 27.3 Å². The second-order valence-corrected chi connectivity index (χ2v) is 6.83. The molecule has 2 aromatic rings. The van der Waals surface area contributed by atoms with Gasteiger partial charge in [-0.1, -0.05) is 0 Å². The van der Waals surface area contributed by atoms with Crippen molar-refractivity contribution in [2.24, 2.45) is 4.99 Å². The number of nitrogens with one attached hydrogen (secondary N) is 2. The first-order valence-electron chi connectivity index (χ1n) is 9.33. The molecule has 3 N–H and O–H groups in total. The van der Waals surface area contributed by atoms with E-state index < -0.39 is 5.60 Å². The van der Waals surface area contributed by atoms with Crippen LogP contribution < -0.4 is 20.1 Å². The molecule has 7 heteroatoms. The van der Waals surface area contributed by atoms with Crippen LogP contribution in [0.15, 0.2) is 33.7 Å². The number of methoxy groups -OCH3 is 2. The zero-order valence-corrected chi connectivity index (χ0v) is 17.5. The third-order valence-corrected chi connectivity index (χ3v) is 4.47. The van der Waals surface area contributed by atoms with Crippen LogP contribution in [-0.2, 0) is 12.1 Å². The standard InChI is InChI=1S/C21H31N3O4/c1-7-22-20(23-12-16-8-9-17(26-5)11-19(16)27-6)24-13-21(4,25)18-10-14(2)28-15(18)3/h8-11,25H,7,12-13H2,1-6H3,(H2,22,23,24). The van der Waals surface area contributed by atoms with E-state index in [1.165, 1.54) is 0 Å². The zero-order valence-electron chi connectivity index (χ0n) is 17.5. The van der Waals surface area contributed by atoms with Crippen LogP contribution in [0.1, 0.15) is 36.5 Å². The first kappa shape index (κ1) is 21.6. The highest BCUT2D eigenvalue weighted by Gasteiger charge is 2.27. The maximum Gasteiger partial charge on any atom is 0.191 e. The van der Waals surface area contributed by atoms with Crippen molar-refractivity contribution in [2.75, 3.05) is 27.3 Å². The van der Waals surface area contributed by atoms with Gasteiger partial charge in [0.25, 0.3) is 0 Å². The number of hydrogen-bond donors (Lipinski definition) is 3. The maximum absolute atomic E-state index is 10.9. The number of aliphatic imine (C=N–C) groups is 1. The van der Waals surface area contributed by atoms with Crippen molar-refractivity contribution in [1.29, 1.82) is 0 Å². The normalized spacial score (nSPS) is 13.8. The van der Waals surface area contributed by atoms with Crippen LogP contribution in [0, 0.1) is 13.8 Å². The summed E-state index contributed by atoms with van der Waals surface area (Å²) in [5.41, 5.74) is 0.620. The van der Waals surface area contributed by atoms with Crippen molar-refractivity contribution in [3.63, 3.8) is 0 Å². The van der Waals surface area contributed by atoms with Crippen molar-refractivity contribution < 1.29 is 19.0 Å². The van der Waals surface area contributed by atoms with E-state index >= 15 is 0 Å². The summed E-state index contributed by atoms with van der Waals surface area (Å²) in [5.74, 6) is 3.56. The highest BCUT2D eigenvalue weighted by molar-refractivity contribution is 5.79. The molecule has 1 aromatic heterocycles. The lowest BCUT2D eigenvalue weighted by Gasteiger charge is -2.24. The number of ether oxygens (including phenoxy) is 2. The first-order chi connectivity index (χ1) is 13.3. The second kappa shape index (κ2) is 9.50. The van der Waals surface area contributed by atoms with Crippen LogP contribution >= 0.6 is 0 Å². The van der Waals surface area contributed by atoms with Gasteiger partial charge in [0.15, 0.2) is 5.96 Å². The minimum atomic E-state index is -1.09. The van der Waals surface area contributed by atoms with Crippen LogP contribution in [0.5, 0.6) is 11.5 Å². The summed E-state index contributed by atoms with van der Waals surface area (Å²) in [6.45, 7) is 8.89. The summed E-state index contributed by atoms with van der Waals surface area (Å²) in [7, 11) is 3.24. The molecule has 1 heterocycles. The number of aliphatic hydroxyl groups is 1. The van der Waals surface area contributed by atoms with Gasteiger partial charge in [-0.2, -0.15) is 0 Å². The topological polar surface area (TPSA) is 88.3 Å². The average Bonchev–Trinajstić information content (AvgIpc) is 3.03. The average molecular weight is 389 g/mol. The van der Waals surface area contributed by atoms with Crippen molar-refractivity contribution in [2.45, 2.75) is 39.8 Å². The van der Waals surface area contributed by atoms with Crippen LogP contribution in [0.25, 0.3) is 0 Å². The molecule has 0 saturated carbocycles. The number of aryl methyl sites for hydroxylation is 2. The Kier molecular flexibility index (Phi) is 7.34. The zero-order chi connectivity index (χ0) is 20.7. The number of hydrogen-bond acceptors (Lipinski definition) is 5. The van der Waals surface area contributed by atoms with Gasteiger partial charge in [-0.15, -0.1) is 0 Å². The lowest BCUT2D eigenvalue weighted by Crippen LogP contribution is -2.44. The van der Waals surface area contributed by atoms with Crippen molar-refractivity contribution in [1.82, 2.24) is 10.6 Å². The van der Waals surface area contributed by atoms with Gasteiger partial charge < -0.3 is 29.6 Å². The predicted octanol–water partition coefficient (Wildman–Crippen LogP) is 2.88. The fourth-order valence-corrected chi connectivity index (χ4v) is 3.01. The van der Waals surface area contributed by atoms with Crippen LogP contribution in [0.3, 0.4) is 0 Å². The fourth-order valence-electron chi connectivity index (χ4n) is 3.01. The Morgan fingerprint density at radius 2 is 1.93 bits per heavy atom. The smallest absolute Gasteiger partial charge is 0.191 e. The number of benzene rings is 1. The first-order valence-corrected chi connectivity index (χ1v) is 9.33. The molecule has 7 nitrogen and oxygen atoms in total. The van der Waals surface area contributed by atoms with Gasteiger partial charge in [-0.05, 0) is 45.9 Å². The minimum absolute atomic E-state index is 0.290. The quantitative estimate of drug-likeness (QED) is 0.475. The van der Waals surface area contributed by atoms with Crippen molar-refractivity contribution in [3.8, 4) is 11.5 Å². The van der Waals surface area contributed by atoms with E-state index in [9.17, 15) is 5.11 Å². The van der Waals surface area contributed by atoms with Crippen molar-refractivity contribution >= 4 is 5.96 Å². The molecule has 28 heavy (non-hydrogen) atoms. The third-order valence-electron chi connectivity index (χ3n) is 4.47. The molecular weight excluding hydrogens is 358 g/mol. The Bertz CT molecular complexity index is 812. The molecular formula is C21H31N3O4. The largest absolute Gasteiger partial charge is 0.497 e. The SMILES string of the molecule is CCNC(=NCc1ccc(OC)cc1OC)NCC(C)(O)c1cc(C)oc1C. The molecule has 0 fully saturated rings. The van der Waals surface area contributed by atoms with Crippen LogP contribution in [0.2, 0.25) is 0 Å². The molecule has 0 aliphatic heterocycles. The molecule has 154 valence electrons. The second-order valence-electron chi connectivity index (χ2n) is 6.83. The molecule has 1 unspecified atom stereocenters. The van der Waals surface area contributed by atoms with Gasteiger partial charge in [0.1, 0.15) is 28.6 Å². The maximum atomic E-state index is 10.9. The van der Waals surface area contributed by atoms with Crippen LogP contribution in [-0.4, -0.2) is 38.4 Å². The molecule has 1 atom stereocenters. The summed E-state index contributed by atoms with van der Waals surface area (Å²) in [5, 5.41) is 17.3. The van der Waals surface area contributed by atoms with Gasteiger partial charge in [0.2, 0.25) is 0 Å². The molecule has 2 rings (SSSR count). The Morgan fingerprint density at radius 3 is 2.50 bits per heavy atom. The minimum Gasteiger partial charge on any atom is -0.497 e. The van der Waals surface area contributed by atoms with E-state index in [-0.39, 0.29) is 0 Å². The van der Waals surface area contributed by atoms with Crippen molar-refractivity contribution in [3.05, 3.63) is 46.9 Å². The molecule has 0 radical (unpaired) electrons. The van der Waals surface area contributed by atoms with Gasteiger partial charge in [0, 0.05) is 23.7 Å². The molecule has 0 aliphatic rings. The van der Waals surface area contributed by atoms with Crippen LogP contribution in [0.4, 0.5) is 0 Å². The number of guanidine groups is 1. The Morgan fingerprint density at radius 1 is 1.18 bits per heavy atom. The summed E-state index contributed by atoms with van der Waals surface area (Å²) in [4.78, 5) is 4.61. The number of nitrogens with zero attached hydrogens (tertiary/aromatic N) is 1. The Labute approximate surface area is 166 Å².